The normalized spacial score (nSPS) is 12.0. The molecule has 0 saturated heterocycles. The van der Waals surface area contributed by atoms with Crippen LogP contribution in [0, 0.1) is 12.7 Å². The Morgan fingerprint density at radius 3 is 2.70 bits per heavy atom. The van der Waals surface area contributed by atoms with Crippen LogP contribution in [0.3, 0.4) is 0 Å². The molecule has 0 aliphatic carbocycles. The zero-order valence-electron chi connectivity index (χ0n) is 13.4. The van der Waals surface area contributed by atoms with Crippen LogP contribution in [0.4, 0.5) is 16.3 Å². The van der Waals surface area contributed by atoms with E-state index in [9.17, 15) is 9.18 Å². The Morgan fingerprint density at radius 1 is 1.35 bits per heavy atom. The van der Waals surface area contributed by atoms with E-state index in [0.29, 0.717) is 18.2 Å². The van der Waals surface area contributed by atoms with Crippen LogP contribution in [0.25, 0.3) is 0 Å². The number of aromatic nitrogens is 3. The third kappa shape index (κ3) is 5.24. The minimum Gasteiger partial charge on any atom is -0.351 e. The molecule has 6 nitrogen and oxygen atoms in total. The van der Waals surface area contributed by atoms with Crippen LogP contribution in [-0.2, 0) is 11.2 Å². The maximum absolute atomic E-state index is 13.5. The zero-order valence-corrected chi connectivity index (χ0v) is 14.2. The molecule has 2 aromatic heterocycles. The summed E-state index contributed by atoms with van der Waals surface area (Å²) in [5.74, 6) is 0.785. The summed E-state index contributed by atoms with van der Waals surface area (Å²) in [6, 6.07) is 1.60. The average Bonchev–Trinajstić information content (AvgIpc) is 2.87. The van der Waals surface area contributed by atoms with Crippen molar-refractivity contribution in [1.29, 1.82) is 0 Å². The number of nitrogens with zero attached hydrogens (tertiary/aromatic N) is 3. The Kier molecular flexibility index (Phi) is 5.97. The first-order valence-electron chi connectivity index (χ1n) is 7.46. The lowest BCUT2D eigenvalue weighted by Crippen LogP contribution is -2.22. The van der Waals surface area contributed by atoms with Crippen molar-refractivity contribution >= 4 is 29.1 Å². The molecule has 0 aliphatic rings. The summed E-state index contributed by atoms with van der Waals surface area (Å²) in [7, 11) is 0. The van der Waals surface area contributed by atoms with Gasteiger partial charge in [0.15, 0.2) is 0 Å². The number of nitrogens with one attached hydrogen (secondary N) is 2. The van der Waals surface area contributed by atoms with E-state index in [2.05, 4.69) is 25.6 Å². The lowest BCUT2D eigenvalue weighted by atomic mass is 10.1. The van der Waals surface area contributed by atoms with E-state index in [0.717, 1.165) is 17.7 Å². The smallest absolute Gasteiger partial charge is 0.234 e. The third-order valence-corrected chi connectivity index (χ3v) is 4.23. The quantitative estimate of drug-likeness (QED) is 0.811. The van der Waals surface area contributed by atoms with Crippen molar-refractivity contribution in [2.24, 2.45) is 0 Å². The standard InChI is InChI=1S/C15H20FN5OS/c1-4-11(5-6-13-12(16)7-8-23-13)20-15-18-9(2)17-14(21-15)19-10(3)22/h7-8,11H,4-6H2,1-3H3,(H2,17,18,19,20,21,22). The van der Waals surface area contributed by atoms with Gasteiger partial charge >= 0.3 is 0 Å². The molecule has 0 aliphatic heterocycles. The van der Waals surface area contributed by atoms with Crippen molar-refractivity contribution in [3.05, 3.63) is 28.0 Å². The number of anilines is 2. The van der Waals surface area contributed by atoms with Crippen molar-refractivity contribution in [3.63, 3.8) is 0 Å². The van der Waals surface area contributed by atoms with Crippen molar-refractivity contribution < 1.29 is 9.18 Å². The highest BCUT2D eigenvalue weighted by Crippen LogP contribution is 2.19. The summed E-state index contributed by atoms with van der Waals surface area (Å²) in [4.78, 5) is 24.4. The summed E-state index contributed by atoms with van der Waals surface area (Å²) in [5.41, 5.74) is 0. The fourth-order valence-electron chi connectivity index (χ4n) is 2.13. The van der Waals surface area contributed by atoms with Gasteiger partial charge < -0.3 is 5.32 Å². The van der Waals surface area contributed by atoms with Gasteiger partial charge in [-0.2, -0.15) is 15.0 Å². The number of carbonyl (C=O) groups is 1. The molecular weight excluding hydrogens is 317 g/mol. The molecule has 0 spiro atoms. The molecule has 0 bridgehead atoms. The van der Waals surface area contributed by atoms with E-state index in [-0.39, 0.29) is 23.7 Å². The number of rotatable bonds is 7. The SMILES string of the molecule is CCC(CCc1sccc1F)Nc1nc(C)nc(NC(C)=O)n1. The van der Waals surface area contributed by atoms with Crippen LogP contribution in [0.5, 0.6) is 0 Å². The molecule has 2 rings (SSSR count). The van der Waals surface area contributed by atoms with Gasteiger partial charge in [0.05, 0.1) is 0 Å². The molecule has 0 radical (unpaired) electrons. The molecule has 0 saturated carbocycles. The number of carbonyl (C=O) groups excluding carboxylic acids is 1. The Morgan fingerprint density at radius 2 is 2.09 bits per heavy atom. The van der Waals surface area contributed by atoms with Gasteiger partial charge in [-0.25, -0.2) is 4.39 Å². The first-order chi connectivity index (χ1) is 11.0. The maximum Gasteiger partial charge on any atom is 0.234 e. The second-order valence-electron chi connectivity index (χ2n) is 5.19. The molecule has 1 atom stereocenters. The topological polar surface area (TPSA) is 79.8 Å². The van der Waals surface area contributed by atoms with Crippen molar-refractivity contribution in [1.82, 2.24) is 15.0 Å². The van der Waals surface area contributed by atoms with E-state index in [1.54, 1.807) is 12.3 Å². The first kappa shape index (κ1) is 17.3. The number of halogens is 1. The van der Waals surface area contributed by atoms with Gasteiger partial charge in [0.25, 0.3) is 0 Å². The highest BCUT2D eigenvalue weighted by molar-refractivity contribution is 7.09. The maximum atomic E-state index is 13.5. The Labute approximate surface area is 138 Å². The first-order valence-corrected chi connectivity index (χ1v) is 8.34. The number of amides is 1. The molecule has 1 amide bonds. The van der Waals surface area contributed by atoms with Crippen LogP contribution in [0.1, 0.15) is 37.4 Å². The van der Waals surface area contributed by atoms with Gasteiger partial charge in [-0.3, -0.25) is 10.1 Å². The lowest BCUT2D eigenvalue weighted by molar-refractivity contribution is -0.114. The van der Waals surface area contributed by atoms with E-state index in [4.69, 9.17) is 0 Å². The average molecular weight is 337 g/mol. The van der Waals surface area contributed by atoms with Gasteiger partial charge in [-0.15, -0.1) is 11.3 Å². The summed E-state index contributed by atoms with van der Waals surface area (Å²) >= 11 is 1.43. The van der Waals surface area contributed by atoms with Gasteiger partial charge in [0.2, 0.25) is 17.8 Å². The van der Waals surface area contributed by atoms with Gasteiger partial charge in [0, 0.05) is 17.8 Å². The number of hydrogen-bond acceptors (Lipinski definition) is 6. The van der Waals surface area contributed by atoms with Crippen LogP contribution < -0.4 is 10.6 Å². The lowest BCUT2D eigenvalue weighted by Gasteiger charge is -2.17. The van der Waals surface area contributed by atoms with Crippen LogP contribution in [0.15, 0.2) is 11.4 Å². The number of thiophene rings is 1. The van der Waals surface area contributed by atoms with Crippen LogP contribution >= 0.6 is 11.3 Å². The molecule has 0 aromatic carbocycles. The van der Waals surface area contributed by atoms with Gasteiger partial charge in [0.1, 0.15) is 11.6 Å². The van der Waals surface area contributed by atoms with E-state index in [1.165, 1.54) is 24.3 Å². The molecule has 124 valence electrons. The number of aryl methyl sites for hydroxylation is 2. The summed E-state index contributed by atoms with van der Waals surface area (Å²) in [6.07, 6.45) is 2.29. The highest BCUT2D eigenvalue weighted by Gasteiger charge is 2.12. The van der Waals surface area contributed by atoms with E-state index < -0.39 is 0 Å². The van der Waals surface area contributed by atoms with Crippen molar-refractivity contribution in [2.75, 3.05) is 10.6 Å². The molecule has 8 heteroatoms. The summed E-state index contributed by atoms with van der Waals surface area (Å²) in [5, 5.41) is 7.54. The molecule has 2 heterocycles. The van der Waals surface area contributed by atoms with Gasteiger partial charge in [-0.05, 0) is 37.6 Å². The third-order valence-electron chi connectivity index (χ3n) is 3.27. The van der Waals surface area contributed by atoms with Gasteiger partial charge in [-0.1, -0.05) is 6.92 Å². The molecular formula is C15H20FN5OS. The fraction of sp³-hybridized carbons (Fsp3) is 0.467. The molecule has 1 unspecified atom stereocenters. The van der Waals surface area contributed by atoms with Crippen molar-refractivity contribution in [3.8, 4) is 0 Å². The Bertz CT molecular complexity index is 676. The molecule has 2 aromatic rings. The highest BCUT2D eigenvalue weighted by atomic mass is 32.1. The second kappa shape index (κ2) is 7.96. The summed E-state index contributed by atoms with van der Waals surface area (Å²) in [6.45, 7) is 5.18. The number of hydrogen-bond donors (Lipinski definition) is 2. The van der Waals surface area contributed by atoms with Crippen LogP contribution in [0.2, 0.25) is 0 Å². The monoisotopic (exact) mass is 337 g/mol. The predicted molar refractivity (Wildman–Crippen MR) is 89.2 cm³/mol. The van der Waals surface area contributed by atoms with E-state index in [1.807, 2.05) is 6.92 Å². The Hall–Kier alpha value is -2.09. The minimum atomic E-state index is -0.234. The Balaban J connectivity index is 2.01. The van der Waals surface area contributed by atoms with Crippen LogP contribution in [-0.4, -0.2) is 26.9 Å². The zero-order chi connectivity index (χ0) is 16.8. The van der Waals surface area contributed by atoms with E-state index >= 15 is 0 Å². The predicted octanol–water partition coefficient (Wildman–Crippen LogP) is 3.16. The molecule has 2 N–H and O–H groups in total. The summed E-state index contributed by atoms with van der Waals surface area (Å²) < 4.78 is 13.5. The molecule has 23 heavy (non-hydrogen) atoms. The van der Waals surface area contributed by atoms with Crippen molar-refractivity contribution in [2.45, 2.75) is 46.1 Å². The molecule has 0 fully saturated rings. The second-order valence-corrected chi connectivity index (χ2v) is 6.19. The minimum absolute atomic E-state index is 0.114. The fourth-order valence-corrected chi connectivity index (χ4v) is 2.90. The largest absolute Gasteiger partial charge is 0.351 e.